The van der Waals surface area contributed by atoms with Crippen molar-refractivity contribution in [2.75, 3.05) is 24.2 Å². The molecule has 1 aromatic carbocycles. The summed E-state index contributed by atoms with van der Waals surface area (Å²) >= 11 is 0. The molecule has 0 bridgehead atoms. The molecule has 0 saturated heterocycles. The molecular weight excluding hydrogens is 348 g/mol. The molecule has 1 amide bonds. The zero-order valence-corrected chi connectivity index (χ0v) is 14.3. The summed E-state index contributed by atoms with van der Waals surface area (Å²) in [6.07, 6.45) is 3.05. The van der Waals surface area contributed by atoms with Crippen molar-refractivity contribution in [2.45, 2.75) is 0 Å². The SMILES string of the molecule is Nc1nccc(Nc2ccc(Oc3ccnc(C(=O)NCCO)c3)cc2)n1. The van der Waals surface area contributed by atoms with Crippen LogP contribution in [0.4, 0.5) is 17.5 Å². The van der Waals surface area contributed by atoms with Gasteiger partial charge in [0.2, 0.25) is 5.95 Å². The molecule has 0 fully saturated rings. The Morgan fingerprint density at radius 2 is 1.85 bits per heavy atom. The van der Waals surface area contributed by atoms with Crippen LogP contribution in [-0.4, -0.2) is 39.1 Å². The van der Waals surface area contributed by atoms with Crippen LogP contribution in [0.1, 0.15) is 10.5 Å². The van der Waals surface area contributed by atoms with E-state index in [1.165, 1.54) is 12.3 Å². The molecule has 9 heteroatoms. The van der Waals surface area contributed by atoms with Crippen molar-refractivity contribution >= 4 is 23.4 Å². The van der Waals surface area contributed by atoms with Crippen molar-refractivity contribution < 1.29 is 14.6 Å². The van der Waals surface area contributed by atoms with Crippen molar-refractivity contribution in [3.05, 3.63) is 60.6 Å². The number of hydrogen-bond donors (Lipinski definition) is 4. The van der Waals surface area contributed by atoms with Crippen LogP contribution in [0.25, 0.3) is 0 Å². The molecule has 27 heavy (non-hydrogen) atoms. The Morgan fingerprint density at radius 3 is 2.59 bits per heavy atom. The Hall–Kier alpha value is -3.72. The number of carbonyl (C=O) groups excluding carboxylic acids is 1. The summed E-state index contributed by atoms with van der Waals surface area (Å²) in [5, 5.41) is 14.4. The maximum Gasteiger partial charge on any atom is 0.270 e. The summed E-state index contributed by atoms with van der Waals surface area (Å²) in [6.45, 7) is 0.0297. The zero-order chi connectivity index (χ0) is 19.1. The highest BCUT2D eigenvalue weighted by Crippen LogP contribution is 2.24. The van der Waals surface area contributed by atoms with Gasteiger partial charge in [-0.15, -0.1) is 0 Å². The molecule has 2 aromatic heterocycles. The number of nitrogens with two attached hydrogens (primary N) is 1. The third-order valence-corrected chi connectivity index (χ3v) is 3.40. The highest BCUT2D eigenvalue weighted by atomic mass is 16.5. The molecule has 0 aliphatic carbocycles. The molecule has 0 aliphatic rings. The van der Waals surface area contributed by atoms with Crippen molar-refractivity contribution in [3.63, 3.8) is 0 Å². The second-order valence-electron chi connectivity index (χ2n) is 5.41. The van der Waals surface area contributed by atoms with E-state index in [0.29, 0.717) is 17.3 Å². The summed E-state index contributed by atoms with van der Waals surface area (Å²) < 4.78 is 5.76. The summed E-state index contributed by atoms with van der Waals surface area (Å²) in [7, 11) is 0. The first-order valence-electron chi connectivity index (χ1n) is 8.12. The largest absolute Gasteiger partial charge is 0.457 e. The average Bonchev–Trinajstić information content (AvgIpc) is 2.68. The molecule has 9 nitrogen and oxygen atoms in total. The third-order valence-electron chi connectivity index (χ3n) is 3.40. The quantitative estimate of drug-likeness (QED) is 0.496. The highest BCUT2D eigenvalue weighted by Gasteiger charge is 2.08. The summed E-state index contributed by atoms with van der Waals surface area (Å²) in [4.78, 5) is 23.8. The van der Waals surface area contributed by atoms with Crippen LogP contribution in [0.15, 0.2) is 54.9 Å². The lowest BCUT2D eigenvalue weighted by molar-refractivity contribution is 0.0939. The maximum atomic E-state index is 11.9. The second-order valence-corrected chi connectivity index (χ2v) is 5.41. The van der Waals surface area contributed by atoms with Crippen molar-refractivity contribution in [2.24, 2.45) is 0 Å². The first-order chi connectivity index (χ1) is 13.1. The van der Waals surface area contributed by atoms with Crippen LogP contribution >= 0.6 is 0 Å². The van der Waals surface area contributed by atoms with E-state index < -0.39 is 0 Å². The van der Waals surface area contributed by atoms with E-state index in [-0.39, 0.29) is 30.7 Å². The number of nitrogens with one attached hydrogen (secondary N) is 2. The Morgan fingerprint density at radius 1 is 1.07 bits per heavy atom. The number of aromatic nitrogens is 3. The van der Waals surface area contributed by atoms with Gasteiger partial charge in [0.25, 0.3) is 5.91 Å². The average molecular weight is 366 g/mol. The lowest BCUT2D eigenvalue weighted by Gasteiger charge is -2.09. The molecule has 0 spiro atoms. The number of benzene rings is 1. The first-order valence-corrected chi connectivity index (χ1v) is 8.12. The lowest BCUT2D eigenvalue weighted by atomic mass is 10.3. The third kappa shape index (κ3) is 5.13. The molecular formula is C18H18N6O3. The molecule has 0 saturated carbocycles. The van der Waals surface area contributed by atoms with Crippen LogP contribution in [0.2, 0.25) is 0 Å². The second kappa shape index (κ2) is 8.59. The number of anilines is 3. The van der Waals surface area contributed by atoms with Crippen LogP contribution in [0.5, 0.6) is 11.5 Å². The number of rotatable bonds is 7. The number of carbonyl (C=O) groups is 1. The molecule has 138 valence electrons. The number of hydrogen-bond acceptors (Lipinski definition) is 8. The molecule has 0 atom stereocenters. The first kappa shape index (κ1) is 18.1. The van der Waals surface area contributed by atoms with E-state index in [1.807, 2.05) is 12.1 Å². The van der Waals surface area contributed by atoms with Crippen LogP contribution in [0, 0.1) is 0 Å². The number of aliphatic hydroxyl groups is 1. The number of amides is 1. The predicted molar refractivity (Wildman–Crippen MR) is 99.9 cm³/mol. The smallest absolute Gasteiger partial charge is 0.270 e. The van der Waals surface area contributed by atoms with Crippen molar-refractivity contribution in [3.8, 4) is 11.5 Å². The maximum absolute atomic E-state index is 11.9. The van der Waals surface area contributed by atoms with Crippen LogP contribution < -0.4 is 21.1 Å². The van der Waals surface area contributed by atoms with Gasteiger partial charge in [-0.25, -0.2) is 4.98 Å². The van der Waals surface area contributed by atoms with E-state index in [9.17, 15) is 4.79 Å². The minimum absolute atomic E-state index is 0.135. The van der Waals surface area contributed by atoms with E-state index in [2.05, 4.69) is 25.6 Å². The molecule has 0 aliphatic heterocycles. The minimum Gasteiger partial charge on any atom is -0.457 e. The standard InChI is InChI=1S/C18H18N6O3/c19-18-22-8-6-16(24-18)23-12-1-3-13(4-2-12)27-14-5-7-20-15(11-14)17(26)21-9-10-25/h1-8,11,25H,9-10H2,(H,21,26)(H3,19,22,23,24). The van der Waals surface area contributed by atoms with Gasteiger partial charge in [-0.3, -0.25) is 9.78 Å². The fourth-order valence-corrected chi connectivity index (χ4v) is 2.19. The molecule has 0 radical (unpaired) electrons. The summed E-state index contributed by atoms with van der Waals surface area (Å²) in [5.41, 5.74) is 6.57. The van der Waals surface area contributed by atoms with Gasteiger partial charge in [-0.05, 0) is 36.4 Å². The number of pyridine rings is 1. The van der Waals surface area contributed by atoms with Gasteiger partial charge in [0.1, 0.15) is 23.0 Å². The molecule has 5 N–H and O–H groups in total. The van der Waals surface area contributed by atoms with E-state index in [4.69, 9.17) is 15.6 Å². The molecule has 3 rings (SSSR count). The highest BCUT2D eigenvalue weighted by molar-refractivity contribution is 5.92. The normalized spacial score (nSPS) is 10.3. The van der Waals surface area contributed by atoms with E-state index in [1.54, 1.807) is 30.5 Å². The Bertz CT molecular complexity index is 917. The van der Waals surface area contributed by atoms with Gasteiger partial charge in [0.15, 0.2) is 0 Å². The fourth-order valence-electron chi connectivity index (χ4n) is 2.19. The van der Waals surface area contributed by atoms with Gasteiger partial charge in [0.05, 0.1) is 6.61 Å². The molecule has 3 aromatic rings. The van der Waals surface area contributed by atoms with Gasteiger partial charge >= 0.3 is 0 Å². The summed E-state index contributed by atoms with van der Waals surface area (Å²) in [5.74, 6) is 1.47. The van der Waals surface area contributed by atoms with Crippen molar-refractivity contribution in [1.29, 1.82) is 0 Å². The predicted octanol–water partition coefficient (Wildman–Crippen LogP) is 1.71. The van der Waals surface area contributed by atoms with Crippen LogP contribution in [-0.2, 0) is 0 Å². The minimum atomic E-state index is -0.377. The molecule has 2 heterocycles. The molecule has 0 unspecified atom stereocenters. The zero-order valence-electron chi connectivity index (χ0n) is 14.3. The van der Waals surface area contributed by atoms with Gasteiger partial charge in [-0.1, -0.05) is 0 Å². The van der Waals surface area contributed by atoms with Crippen LogP contribution in [0.3, 0.4) is 0 Å². The number of ether oxygens (including phenoxy) is 1. The Balaban J connectivity index is 1.65. The van der Waals surface area contributed by atoms with E-state index >= 15 is 0 Å². The Kier molecular flexibility index (Phi) is 5.75. The number of aliphatic hydroxyl groups excluding tert-OH is 1. The van der Waals surface area contributed by atoms with E-state index in [0.717, 1.165) is 5.69 Å². The monoisotopic (exact) mass is 366 g/mol. The Labute approximate surface area is 155 Å². The topological polar surface area (TPSA) is 135 Å². The number of nitrogens with zero attached hydrogens (tertiary/aromatic N) is 3. The van der Waals surface area contributed by atoms with Gasteiger partial charge in [-0.2, -0.15) is 4.98 Å². The number of nitrogen functional groups attached to an aromatic ring is 1. The lowest BCUT2D eigenvalue weighted by Crippen LogP contribution is -2.27. The van der Waals surface area contributed by atoms with Gasteiger partial charge in [0, 0.05) is 30.7 Å². The van der Waals surface area contributed by atoms with Crippen molar-refractivity contribution in [1.82, 2.24) is 20.3 Å². The summed E-state index contributed by atoms with van der Waals surface area (Å²) in [6, 6.07) is 12.1. The van der Waals surface area contributed by atoms with Gasteiger partial charge < -0.3 is 26.2 Å². The fraction of sp³-hybridized carbons (Fsp3) is 0.111.